The fourth-order valence-corrected chi connectivity index (χ4v) is 4.03. The number of hydrogen-bond donors (Lipinski definition) is 0. The van der Waals surface area contributed by atoms with Crippen LogP contribution >= 0.6 is 0 Å². The molecular formula is C23H23N3O3. The Balaban J connectivity index is 1.55. The van der Waals surface area contributed by atoms with Gasteiger partial charge < -0.3 is 14.5 Å². The van der Waals surface area contributed by atoms with E-state index in [0.29, 0.717) is 24.1 Å². The first-order valence-electron chi connectivity index (χ1n) is 9.97. The summed E-state index contributed by atoms with van der Waals surface area (Å²) in [5.41, 5.74) is 0.974. The van der Waals surface area contributed by atoms with Gasteiger partial charge in [0.25, 0.3) is 5.91 Å². The molecule has 2 saturated heterocycles. The zero-order chi connectivity index (χ0) is 20.2. The predicted molar refractivity (Wildman–Crippen MR) is 107 cm³/mol. The van der Waals surface area contributed by atoms with Crippen molar-refractivity contribution in [3.8, 4) is 11.8 Å². The van der Waals surface area contributed by atoms with Gasteiger partial charge in [-0.15, -0.1) is 0 Å². The van der Waals surface area contributed by atoms with Gasteiger partial charge in [0.05, 0.1) is 18.2 Å². The summed E-state index contributed by atoms with van der Waals surface area (Å²) < 4.78 is 6.06. The Kier molecular flexibility index (Phi) is 5.48. The van der Waals surface area contributed by atoms with Gasteiger partial charge in [0.15, 0.2) is 0 Å². The van der Waals surface area contributed by atoms with Crippen molar-refractivity contribution in [2.24, 2.45) is 0 Å². The van der Waals surface area contributed by atoms with Crippen molar-refractivity contribution in [2.45, 2.75) is 31.4 Å². The van der Waals surface area contributed by atoms with Crippen molar-refractivity contribution in [1.82, 2.24) is 9.80 Å². The van der Waals surface area contributed by atoms with E-state index in [9.17, 15) is 9.59 Å². The lowest BCUT2D eigenvalue weighted by Crippen LogP contribution is -2.47. The Labute approximate surface area is 170 Å². The summed E-state index contributed by atoms with van der Waals surface area (Å²) in [6.07, 6.45) is 2.25. The number of ether oxygens (including phenoxy) is 1. The second-order valence-electron chi connectivity index (χ2n) is 7.48. The molecule has 0 aliphatic carbocycles. The summed E-state index contributed by atoms with van der Waals surface area (Å²) in [5, 5.41) is 8.98. The van der Waals surface area contributed by atoms with Crippen LogP contribution in [0.15, 0.2) is 54.6 Å². The number of nitrogens with zero attached hydrogens (tertiary/aromatic N) is 3. The Hall–Kier alpha value is -3.33. The van der Waals surface area contributed by atoms with E-state index in [2.05, 4.69) is 6.07 Å². The minimum absolute atomic E-state index is 0.00339. The Morgan fingerprint density at radius 1 is 1.00 bits per heavy atom. The summed E-state index contributed by atoms with van der Waals surface area (Å²) in [6, 6.07) is 17.5. The topological polar surface area (TPSA) is 73.6 Å². The van der Waals surface area contributed by atoms with Crippen LogP contribution in [0.5, 0.6) is 5.75 Å². The van der Waals surface area contributed by atoms with Crippen molar-refractivity contribution < 1.29 is 14.3 Å². The second-order valence-corrected chi connectivity index (χ2v) is 7.48. The number of carbonyl (C=O) groups excluding carboxylic acids is 2. The Bertz CT molecular complexity index is 915. The number of carbonyl (C=O) groups is 2. The van der Waals surface area contributed by atoms with Crippen molar-refractivity contribution >= 4 is 11.8 Å². The monoisotopic (exact) mass is 389 g/mol. The maximum atomic E-state index is 13.2. The van der Waals surface area contributed by atoms with E-state index in [1.807, 2.05) is 35.2 Å². The summed E-state index contributed by atoms with van der Waals surface area (Å²) in [7, 11) is 0. The molecule has 2 aliphatic heterocycles. The molecule has 0 aromatic heterocycles. The SMILES string of the molecule is N#Cc1ccc(C(=O)N2C[C@@H](Oc3ccccc3)C[C@H]2C(=O)N2CCCC2)cc1. The van der Waals surface area contributed by atoms with Crippen LogP contribution in [0.1, 0.15) is 35.2 Å². The van der Waals surface area contributed by atoms with E-state index in [1.165, 1.54) is 0 Å². The van der Waals surface area contributed by atoms with E-state index in [0.717, 1.165) is 31.7 Å². The third-order valence-corrected chi connectivity index (χ3v) is 5.53. The van der Waals surface area contributed by atoms with Crippen LogP contribution in [-0.4, -0.2) is 53.4 Å². The predicted octanol–water partition coefficient (Wildman–Crippen LogP) is 2.84. The summed E-state index contributed by atoms with van der Waals surface area (Å²) >= 11 is 0. The second kappa shape index (κ2) is 8.36. The van der Waals surface area contributed by atoms with Gasteiger partial charge in [0.1, 0.15) is 17.9 Å². The van der Waals surface area contributed by atoms with E-state index in [-0.39, 0.29) is 17.9 Å². The number of nitriles is 1. The van der Waals surface area contributed by atoms with Crippen molar-refractivity contribution in [3.05, 3.63) is 65.7 Å². The van der Waals surface area contributed by atoms with E-state index in [1.54, 1.807) is 29.2 Å². The number of rotatable bonds is 4. The molecule has 2 amide bonds. The Morgan fingerprint density at radius 3 is 2.34 bits per heavy atom. The van der Waals surface area contributed by atoms with Gasteiger partial charge in [-0.05, 0) is 49.2 Å². The van der Waals surface area contributed by atoms with Gasteiger partial charge >= 0.3 is 0 Å². The van der Waals surface area contributed by atoms with Crippen molar-refractivity contribution in [1.29, 1.82) is 5.26 Å². The molecule has 2 aliphatic rings. The molecule has 148 valence electrons. The number of amides is 2. The zero-order valence-corrected chi connectivity index (χ0v) is 16.2. The normalized spacial score (nSPS) is 21.1. The van der Waals surface area contributed by atoms with Gasteiger partial charge in [-0.3, -0.25) is 9.59 Å². The molecule has 2 atom stereocenters. The van der Waals surface area contributed by atoms with Gasteiger partial charge in [-0.1, -0.05) is 18.2 Å². The minimum Gasteiger partial charge on any atom is -0.488 e. The lowest BCUT2D eigenvalue weighted by Gasteiger charge is -2.27. The molecule has 0 saturated carbocycles. The van der Waals surface area contributed by atoms with Crippen LogP contribution in [0.25, 0.3) is 0 Å². The fraction of sp³-hybridized carbons (Fsp3) is 0.348. The summed E-state index contributed by atoms with van der Waals surface area (Å²) in [6.45, 7) is 1.86. The van der Waals surface area contributed by atoms with Crippen molar-refractivity contribution in [2.75, 3.05) is 19.6 Å². The van der Waals surface area contributed by atoms with Gasteiger partial charge in [-0.25, -0.2) is 0 Å². The largest absolute Gasteiger partial charge is 0.488 e. The average Bonchev–Trinajstić information content (AvgIpc) is 3.44. The standard InChI is InChI=1S/C23H23N3O3/c24-15-17-8-10-18(11-9-17)22(27)26-16-20(29-19-6-2-1-3-7-19)14-21(26)23(28)25-12-4-5-13-25/h1-3,6-11,20-21H,4-5,12-14,16H2/t20-,21-/m0/s1. The maximum absolute atomic E-state index is 13.2. The molecule has 0 bridgehead atoms. The third-order valence-electron chi connectivity index (χ3n) is 5.53. The Morgan fingerprint density at radius 2 is 1.69 bits per heavy atom. The van der Waals surface area contributed by atoms with Crippen LogP contribution in [0.4, 0.5) is 0 Å². The van der Waals surface area contributed by atoms with Crippen LogP contribution < -0.4 is 4.74 Å². The highest BCUT2D eigenvalue weighted by Crippen LogP contribution is 2.27. The number of hydrogen-bond acceptors (Lipinski definition) is 4. The number of benzene rings is 2. The zero-order valence-electron chi connectivity index (χ0n) is 16.2. The van der Waals surface area contributed by atoms with Crippen LogP contribution in [0, 0.1) is 11.3 Å². The number of para-hydroxylation sites is 1. The molecule has 6 heteroatoms. The molecule has 2 aromatic carbocycles. The molecule has 0 radical (unpaired) electrons. The molecule has 6 nitrogen and oxygen atoms in total. The lowest BCUT2D eigenvalue weighted by molar-refractivity contribution is -0.134. The maximum Gasteiger partial charge on any atom is 0.254 e. The first-order valence-corrected chi connectivity index (χ1v) is 9.97. The van der Waals surface area contributed by atoms with Crippen LogP contribution in [0.3, 0.4) is 0 Å². The highest BCUT2D eigenvalue weighted by Gasteiger charge is 2.43. The van der Waals surface area contributed by atoms with E-state index >= 15 is 0 Å². The molecular weight excluding hydrogens is 366 g/mol. The van der Waals surface area contributed by atoms with Crippen molar-refractivity contribution in [3.63, 3.8) is 0 Å². The van der Waals surface area contributed by atoms with Gasteiger partial charge in [0.2, 0.25) is 5.91 Å². The number of likely N-dealkylation sites (tertiary alicyclic amines) is 2. The molecule has 29 heavy (non-hydrogen) atoms. The lowest BCUT2D eigenvalue weighted by atomic mass is 10.1. The third kappa shape index (κ3) is 4.09. The van der Waals surface area contributed by atoms with Crippen LogP contribution in [0.2, 0.25) is 0 Å². The van der Waals surface area contributed by atoms with E-state index < -0.39 is 6.04 Å². The summed E-state index contributed by atoms with van der Waals surface area (Å²) in [5.74, 6) is 0.535. The first kappa shape index (κ1) is 19.0. The highest BCUT2D eigenvalue weighted by molar-refractivity contribution is 5.98. The molecule has 0 spiro atoms. The van der Waals surface area contributed by atoms with Gasteiger partial charge in [0, 0.05) is 25.1 Å². The molecule has 0 unspecified atom stereocenters. The molecule has 2 fully saturated rings. The summed E-state index contributed by atoms with van der Waals surface area (Å²) in [4.78, 5) is 29.8. The van der Waals surface area contributed by atoms with Gasteiger partial charge in [-0.2, -0.15) is 5.26 Å². The quantitative estimate of drug-likeness (QED) is 0.806. The minimum atomic E-state index is -0.523. The fourth-order valence-electron chi connectivity index (χ4n) is 4.03. The first-order chi connectivity index (χ1) is 14.2. The highest BCUT2D eigenvalue weighted by atomic mass is 16.5. The molecule has 4 rings (SSSR count). The average molecular weight is 389 g/mol. The van der Waals surface area contributed by atoms with E-state index in [4.69, 9.17) is 10.00 Å². The van der Waals surface area contributed by atoms with Crippen LogP contribution in [-0.2, 0) is 4.79 Å². The molecule has 0 N–H and O–H groups in total. The smallest absolute Gasteiger partial charge is 0.254 e. The molecule has 2 heterocycles. The molecule has 2 aromatic rings.